The highest BCUT2D eigenvalue weighted by molar-refractivity contribution is 5.95. The molecule has 8 heteroatoms. The van der Waals surface area contributed by atoms with Crippen LogP contribution < -0.4 is 16.1 Å². The summed E-state index contributed by atoms with van der Waals surface area (Å²) in [7, 11) is 0. The Kier molecular flexibility index (Phi) is 6.60. The highest BCUT2D eigenvalue weighted by atomic mass is 16.5. The van der Waals surface area contributed by atoms with E-state index in [-0.39, 0.29) is 33.4 Å². The van der Waals surface area contributed by atoms with Crippen LogP contribution in [0.1, 0.15) is 38.5 Å². The van der Waals surface area contributed by atoms with Crippen LogP contribution in [-0.4, -0.2) is 22.5 Å². The lowest BCUT2D eigenvalue weighted by atomic mass is 9.82. The number of aldehydes is 1. The van der Waals surface area contributed by atoms with Gasteiger partial charge in [0.05, 0.1) is 28.7 Å². The van der Waals surface area contributed by atoms with E-state index in [1.807, 2.05) is 0 Å². The van der Waals surface area contributed by atoms with Gasteiger partial charge in [0.1, 0.15) is 23.4 Å². The van der Waals surface area contributed by atoms with E-state index >= 15 is 0 Å². The number of carbonyl (C=O) groups excluding carboxylic acids is 2. The van der Waals surface area contributed by atoms with Crippen LogP contribution in [0.25, 0.3) is 11.0 Å². The first-order valence-electron chi connectivity index (χ1n) is 11.0. The van der Waals surface area contributed by atoms with E-state index < -0.39 is 28.8 Å². The normalized spacial score (nSPS) is 12.3. The first-order valence-corrected chi connectivity index (χ1v) is 11.0. The quantitative estimate of drug-likeness (QED) is 0.0680. The Morgan fingerprint density at radius 2 is 1.83 bits per heavy atom. The number of benzene rings is 3. The number of aliphatic hydroxyl groups is 1. The van der Waals surface area contributed by atoms with Gasteiger partial charge in [-0.3, -0.25) is 4.79 Å². The largest absolute Gasteiger partial charge is 0.515 e. The van der Waals surface area contributed by atoms with Crippen LogP contribution in [0.2, 0.25) is 0 Å². The van der Waals surface area contributed by atoms with Crippen LogP contribution in [0.5, 0.6) is 11.5 Å². The van der Waals surface area contributed by atoms with Gasteiger partial charge in [-0.1, -0.05) is 36.4 Å². The SMILES string of the molecule is Cc1ccc2c(O)c(C(/C(=C\O)C(=O)Oc3cc(N)ccc3C)c3ccccc3C=O)c(=O)oc2c1. The number of aryl methyl sites for hydroxylation is 2. The molecule has 1 unspecified atom stereocenters. The molecule has 0 saturated heterocycles. The highest BCUT2D eigenvalue weighted by Gasteiger charge is 2.34. The maximum absolute atomic E-state index is 13.3. The fourth-order valence-corrected chi connectivity index (χ4v) is 4.05. The molecule has 0 aliphatic carbocycles. The van der Waals surface area contributed by atoms with Crippen LogP contribution in [0.3, 0.4) is 0 Å². The number of rotatable bonds is 6. The molecule has 0 aliphatic rings. The lowest BCUT2D eigenvalue weighted by Crippen LogP contribution is -2.24. The van der Waals surface area contributed by atoms with Gasteiger partial charge in [-0.25, -0.2) is 9.59 Å². The van der Waals surface area contributed by atoms with Crippen molar-refractivity contribution in [2.24, 2.45) is 0 Å². The summed E-state index contributed by atoms with van der Waals surface area (Å²) >= 11 is 0. The van der Waals surface area contributed by atoms with Crippen LogP contribution >= 0.6 is 0 Å². The van der Waals surface area contributed by atoms with Crippen LogP contribution in [0, 0.1) is 13.8 Å². The molecular formula is C28H23NO7. The van der Waals surface area contributed by atoms with E-state index in [0.29, 0.717) is 23.8 Å². The summed E-state index contributed by atoms with van der Waals surface area (Å²) in [5.41, 5.74) is 6.36. The zero-order chi connectivity index (χ0) is 26.0. The van der Waals surface area contributed by atoms with Crippen LogP contribution in [-0.2, 0) is 4.79 Å². The van der Waals surface area contributed by atoms with Crippen molar-refractivity contribution in [3.8, 4) is 11.5 Å². The molecule has 0 saturated carbocycles. The number of nitrogens with two attached hydrogens (primary N) is 1. The third kappa shape index (κ3) is 4.44. The second-order valence-corrected chi connectivity index (χ2v) is 8.33. The molecule has 0 aliphatic heterocycles. The van der Waals surface area contributed by atoms with Crippen LogP contribution in [0.4, 0.5) is 5.69 Å². The minimum absolute atomic E-state index is 0.137. The van der Waals surface area contributed by atoms with Crippen molar-refractivity contribution in [3.05, 3.63) is 111 Å². The maximum atomic E-state index is 13.3. The van der Waals surface area contributed by atoms with Gasteiger partial charge in [-0.2, -0.15) is 0 Å². The first kappa shape index (κ1) is 24.3. The molecule has 4 N–H and O–H groups in total. The fourth-order valence-electron chi connectivity index (χ4n) is 4.05. The Bertz CT molecular complexity index is 1580. The third-order valence-electron chi connectivity index (χ3n) is 5.89. The summed E-state index contributed by atoms with van der Waals surface area (Å²) < 4.78 is 11.0. The minimum Gasteiger partial charge on any atom is -0.515 e. The highest BCUT2D eigenvalue weighted by Crippen LogP contribution is 2.40. The molecule has 0 radical (unpaired) electrons. The number of hydrogen-bond donors (Lipinski definition) is 3. The number of nitrogen functional groups attached to an aromatic ring is 1. The minimum atomic E-state index is -1.40. The fraction of sp³-hybridized carbons (Fsp3) is 0.107. The van der Waals surface area contributed by atoms with Gasteiger partial charge in [-0.15, -0.1) is 0 Å². The Labute approximate surface area is 205 Å². The van der Waals surface area contributed by atoms with Crippen molar-refractivity contribution in [3.63, 3.8) is 0 Å². The van der Waals surface area contributed by atoms with Crippen molar-refractivity contribution in [1.82, 2.24) is 0 Å². The van der Waals surface area contributed by atoms with Gasteiger partial charge in [-0.05, 0) is 48.7 Å². The zero-order valence-electron chi connectivity index (χ0n) is 19.5. The number of fused-ring (bicyclic) bond motifs is 1. The molecule has 4 aromatic rings. The number of ether oxygens (including phenoxy) is 1. The lowest BCUT2D eigenvalue weighted by Gasteiger charge is -2.22. The zero-order valence-corrected chi connectivity index (χ0v) is 19.5. The average Bonchev–Trinajstić information content (AvgIpc) is 2.85. The Morgan fingerprint density at radius 3 is 2.56 bits per heavy atom. The third-order valence-corrected chi connectivity index (χ3v) is 5.89. The number of aromatic hydroxyl groups is 1. The lowest BCUT2D eigenvalue weighted by molar-refractivity contribution is -0.130. The maximum Gasteiger partial charge on any atom is 0.344 e. The monoisotopic (exact) mass is 485 g/mol. The van der Waals surface area contributed by atoms with Crippen molar-refractivity contribution in [1.29, 1.82) is 0 Å². The van der Waals surface area contributed by atoms with E-state index in [1.165, 1.54) is 18.2 Å². The summed E-state index contributed by atoms with van der Waals surface area (Å²) in [6.45, 7) is 3.50. The van der Waals surface area contributed by atoms with Gasteiger partial charge in [0, 0.05) is 17.3 Å². The predicted octanol–water partition coefficient (Wildman–Crippen LogP) is 4.69. The second-order valence-electron chi connectivity index (χ2n) is 8.33. The van der Waals surface area contributed by atoms with Gasteiger partial charge in [0.2, 0.25) is 0 Å². The van der Waals surface area contributed by atoms with E-state index in [0.717, 1.165) is 5.56 Å². The standard InChI is InChI=1S/C28H23NO7/c1-15-7-10-20-23(11-15)36-28(34)25(26(20)32)24(19-6-4-3-5-17(19)13-30)21(14-31)27(33)35-22-12-18(29)9-8-16(22)2/h3-14,24,31-32H,29H2,1-2H3/b21-14+. The van der Waals surface area contributed by atoms with Crippen molar-refractivity contribution in [2.45, 2.75) is 19.8 Å². The van der Waals surface area contributed by atoms with Gasteiger partial charge >= 0.3 is 11.6 Å². The molecule has 0 amide bonds. The smallest absolute Gasteiger partial charge is 0.344 e. The Morgan fingerprint density at radius 1 is 1.08 bits per heavy atom. The Hall–Kier alpha value is -4.85. The molecule has 3 aromatic carbocycles. The molecule has 182 valence electrons. The molecular weight excluding hydrogens is 462 g/mol. The Balaban J connectivity index is 1.95. The van der Waals surface area contributed by atoms with Crippen LogP contribution in [0.15, 0.2) is 81.7 Å². The van der Waals surface area contributed by atoms with E-state index in [4.69, 9.17) is 14.9 Å². The molecule has 4 rings (SSSR count). The number of esters is 1. The molecule has 1 atom stereocenters. The molecule has 0 spiro atoms. The van der Waals surface area contributed by atoms with Gasteiger partial charge in [0.15, 0.2) is 0 Å². The molecule has 1 heterocycles. The number of anilines is 1. The summed E-state index contributed by atoms with van der Waals surface area (Å²) in [5.74, 6) is -2.71. The topological polar surface area (TPSA) is 140 Å². The average molecular weight is 485 g/mol. The molecule has 8 nitrogen and oxygen atoms in total. The summed E-state index contributed by atoms with van der Waals surface area (Å²) in [4.78, 5) is 38.4. The second kappa shape index (κ2) is 9.79. The van der Waals surface area contributed by atoms with E-state index in [2.05, 4.69) is 0 Å². The summed E-state index contributed by atoms with van der Waals surface area (Å²) in [6, 6.07) is 15.8. The molecule has 1 aromatic heterocycles. The van der Waals surface area contributed by atoms with E-state index in [9.17, 15) is 24.6 Å². The predicted molar refractivity (Wildman–Crippen MR) is 134 cm³/mol. The summed E-state index contributed by atoms with van der Waals surface area (Å²) in [5, 5.41) is 21.6. The van der Waals surface area contributed by atoms with Gasteiger partial charge < -0.3 is 25.1 Å². The van der Waals surface area contributed by atoms with Crippen molar-refractivity contribution in [2.75, 3.05) is 5.73 Å². The van der Waals surface area contributed by atoms with Gasteiger partial charge in [0.25, 0.3) is 0 Å². The number of aliphatic hydroxyl groups excluding tert-OH is 1. The van der Waals surface area contributed by atoms with E-state index in [1.54, 1.807) is 56.3 Å². The number of hydrogen-bond acceptors (Lipinski definition) is 8. The first-order chi connectivity index (χ1) is 17.2. The molecule has 0 fully saturated rings. The molecule has 36 heavy (non-hydrogen) atoms. The van der Waals surface area contributed by atoms with Crippen molar-refractivity contribution >= 4 is 28.9 Å². The van der Waals surface area contributed by atoms with Crippen molar-refractivity contribution < 1.29 is 29.0 Å². The number of carbonyl (C=O) groups is 2. The molecule has 0 bridgehead atoms. The summed E-state index contributed by atoms with van der Waals surface area (Å²) in [6.07, 6.45) is 1.04.